The molecule has 2 aromatic heterocycles. The van der Waals surface area contributed by atoms with Gasteiger partial charge >= 0.3 is 5.69 Å². The summed E-state index contributed by atoms with van der Waals surface area (Å²) in [6, 6.07) is 14.9. The predicted molar refractivity (Wildman–Crippen MR) is 129 cm³/mol. The fraction of sp³-hybridized carbons (Fsp3) is 0.167. The van der Waals surface area contributed by atoms with Crippen molar-refractivity contribution in [2.45, 2.75) is 13.1 Å². The zero-order valence-corrected chi connectivity index (χ0v) is 19.2. The Morgan fingerprint density at radius 2 is 1.74 bits per heavy atom. The van der Waals surface area contributed by atoms with Gasteiger partial charge in [0.1, 0.15) is 6.54 Å². The van der Waals surface area contributed by atoms with Crippen LogP contribution in [-0.2, 0) is 17.9 Å². The van der Waals surface area contributed by atoms with Crippen LogP contribution in [0.2, 0.25) is 5.02 Å². The number of carbonyl (C=O) groups excluding carboxylic acids is 1. The molecule has 0 bridgehead atoms. The number of methoxy groups -OCH3 is 2. The Morgan fingerprint density at radius 3 is 2.44 bits per heavy atom. The summed E-state index contributed by atoms with van der Waals surface area (Å²) < 4.78 is 12.8. The van der Waals surface area contributed by atoms with Crippen molar-refractivity contribution >= 4 is 34.2 Å². The second kappa shape index (κ2) is 9.80. The van der Waals surface area contributed by atoms with Gasteiger partial charge < -0.3 is 14.8 Å². The number of pyridine rings is 1. The molecule has 0 unspecified atom stereocenters. The third kappa shape index (κ3) is 4.65. The number of nitrogens with one attached hydrogen (secondary N) is 1. The molecule has 0 saturated heterocycles. The lowest BCUT2D eigenvalue weighted by Gasteiger charge is -2.14. The first-order chi connectivity index (χ1) is 16.4. The Bertz CT molecular complexity index is 1480. The van der Waals surface area contributed by atoms with Crippen molar-refractivity contribution in [3.05, 3.63) is 92.2 Å². The van der Waals surface area contributed by atoms with Gasteiger partial charge in [0.25, 0.3) is 5.56 Å². The molecule has 2 aromatic carbocycles. The SMILES string of the molecule is COc1ccc(NC(=O)Cn2c(=O)n(Cc3ccc(Cl)cc3)c(=O)c3ncccc32)cc1OC. The molecule has 34 heavy (non-hydrogen) atoms. The van der Waals surface area contributed by atoms with Gasteiger partial charge in [0.15, 0.2) is 17.0 Å². The standard InChI is InChI=1S/C24H21ClN4O5/c1-33-19-10-9-17(12-20(19)34-2)27-21(30)14-28-18-4-3-11-26-22(18)23(31)29(24(28)32)13-15-5-7-16(25)8-6-15/h3-12H,13-14H2,1-2H3,(H,27,30). The number of anilines is 1. The highest BCUT2D eigenvalue weighted by atomic mass is 35.5. The van der Waals surface area contributed by atoms with Gasteiger partial charge in [0, 0.05) is 23.0 Å². The Balaban J connectivity index is 1.70. The first-order valence-corrected chi connectivity index (χ1v) is 10.6. The van der Waals surface area contributed by atoms with Crippen molar-refractivity contribution in [1.82, 2.24) is 14.1 Å². The summed E-state index contributed by atoms with van der Waals surface area (Å²) in [4.78, 5) is 43.3. The summed E-state index contributed by atoms with van der Waals surface area (Å²) in [5.74, 6) is 0.503. The number of benzene rings is 2. The van der Waals surface area contributed by atoms with Crippen LogP contribution in [-0.4, -0.2) is 34.2 Å². The molecule has 0 atom stereocenters. The van der Waals surface area contributed by atoms with E-state index in [1.54, 1.807) is 54.6 Å². The highest BCUT2D eigenvalue weighted by Gasteiger charge is 2.17. The average Bonchev–Trinajstić information content (AvgIpc) is 2.85. The minimum absolute atomic E-state index is 0.0125. The normalized spacial score (nSPS) is 10.8. The van der Waals surface area contributed by atoms with Crippen LogP contribution in [0.25, 0.3) is 11.0 Å². The number of rotatable bonds is 7. The van der Waals surface area contributed by atoms with Gasteiger partial charge in [-0.3, -0.25) is 18.7 Å². The third-order valence-electron chi connectivity index (χ3n) is 5.21. The lowest BCUT2D eigenvalue weighted by molar-refractivity contribution is -0.116. The number of ether oxygens (including phenoxy) is 2. The lowest BCUT2D eigenvalue weighted by Crippen LogP contribution is -2.42. The monoisotopic (exact) mass is 480 g/mol. The summed E-state index contributed by atoms with van der Waals surface area (Å²) in [6.45, 7) is -0.311. The Labute approximate surface area is 199 Å². The van der Waals surface area contributed by atoms with Crippen LogP contribution < -0.4 is 26.0 Å². The second-order valence-corrected chi connectivity index (χ2v) is 7.81. The molecule has 9 nitrogen and oxygen atoms in total. The van der Waals surface area contributed by atoms with E-state index >= 15 is 0 Å². The predicted octanol–water partition coefficient (Wildman–Crippen LogP) is 2.92. The molecule has 0 radical (unpaired) electrons. The molecular weight excluding hydrogens is 460 g/mol. The maximum absolute atomic E-state index is 13.3. The lowest BCUT2D eigenvalue weighted by atomic mass is 10.2. The van der Waals surface area contributed by atoms with Crippen LogP contribution in [0, 0.1) is 0 Å². The maximum atomic E-state index is 13.3. The first kappa shape index (κ1) is 23.1. The molecule has 10 heteroatoms. The Kier molecular flexibility index (Phi) is 6.65. The topological polar surface area (TPSA) is 104 Å². The van der Waals surface area contributed by atoms with Crippen molar-refractivity contribution in [1.29, 1.82) is 0 Å². The zero-order chi connectivity index (χ0) is 24.2. The van der Waals surface area contributed by atoms with Crippen LogP contribution in [0.1, 0.15) is 5.56 Å². The quantitative estimate of drug-likeness (QED) is 0.436. The van der Waals surface area contributed by atoms with Gasteiger partial charge in [0.05, 0.1) is 26.3 Å². The molecule has 0 fully saturated rings. The molecule has 4 rings (SSSR count). The number of hydrogen-bond acceptors (Lipinski definition) is 6. The largest absolute Gasteiger partial charge is 0.493 e. The maximum Gasteiger partial charge on any atom is 0.332 e. The highest BCUT2D eigenvalue weighted by Crippen LogP contribution is 2.29. The molecule has 0 saturated carbocycles. The summed E-state index contributed by atoms with van der Waals surface area (Å²) in [7, 11) is 3.01. The molecule has 174 valence electrons. The number of halogens is 1. The minimum Gasteiger partial charge on any atom is -0.493 e. The van der Waals surface area contributed by atoms with Crippen LogP contribution >= 0.6 is 11.6 Å². The van der Waals surface area contributed by atoms with E-state index in [4.69, 9.17) is 21.1 Å². The van der Waals surface area contributed by atoms with Gasteiger partial charge in [-0.2, -0.15) is 0 Å². The molecule has 1 amide bonds. The number of hydrogen-bond donors (Lipinski definition) is 1. The second-order valence-electron chi connectivity index (χ2n) is 7.38. The molecule has 1 N–H and O–H groups in total. The molecule has 0 aliphatic rings. The van der Waals surface area contributed by atoms with Gasteiger partial charge in [0.2, 0.25) is 5.91 Å². The van der Waals surface area contributed by atoms with Gasteiger partial charge in [-0.25, -0.2) is 9.78 Å². The van der Waals surface area contributed by atoms with Crippen LogP contribution in [0.5, 0.6) is 11.5 Å². The fourth-order valence-corrected chi connectivity index (χ4v) is 3.69. The van der Waals surface area contributed by atoms with Gasteiger partial charge in [-0.05, 0) is 42.0 Å². The van der Waals surface area contributed by atoms with Crippen molar-refractivity contribution in [2.75, 3.05) is 19.5 Å². The average molecular weight is 481 g/mol. The first-order valence-electron chi connectivity index (χ1n) is 10.3. The number of nitrogens with zero attached hydrogens (tertiary/aromatic N) is 3. The van der Waals surface area contributed by atoms with E-state index in [0.717, 1.165) is 4.57 Å². The van der Waals surface area contributed by atoms with E-state index in [2.05, 4.69) is 10.3 Å². The number of aromatic nitrogens is 3. The highest BCUT2D eigenvalue weighted by molar-refractivity contribution is 6.30. The van der Waals surface area contributed by atoms with Gasteiger partial charge in [-0.15, -0.1) is 0 Å². The van der Waals surface area contributed by atoms with E-state index in [-0.39, 0.29) is 24.1 Å². The van der Waals surface area contributed by atoms with Crippen molar-refractivity contribution in [3.63, 3.8) is 0 Å². The van der Waals surface area contributed by atoms with Crippen molar-refractivity contribution in [2.24, 2.45) is 0 Å². The van der Waals surface area contributed by atoms with Crippen LogP contribution in [0.3, 0.4) is 0 Å². The van der Waals surface area contributed by atoms with E-state index in [1.165, 1.54) is 25.0 Å². The number of carbonyl (C=O) groups is 1. The van der Waals surface area contributed by atoms with Crippen LogP contribution in [0.15, 0.2) is 70.4 Å². The van der Waals surface area contributed by atoms with Crippen molar-refractivity contribution in [3.8, 4) is 11.5 Å². The van der Waals surface area contributed by atoms with E-state index < -0.39 is 17.2 Å². The summed E-state index contributed by atoms with van der Waals surface area (Å²) >= 11 is 5.94. The minimum atomic E-state index is -0.622. The molecule has 0 spiro atoms. The van der Waals surface area contributed by atoms with Crippen molar-refractivity contribution < 1.29 is 14.3 Å². The molecule has 0 aliphatic carbocycles. The van der Waals surface area contributed by atoms with E-state index in [0.29, 0.717) is 27.8 Å². The van der Waals surface area contributed by atoms with E-state index in [9.17, 15) is 14.4 Å². The number of amides is 1. The smallest absolute Gasteiger partial charge is 0.332 e. The number of fused-ring (bicyclic) bond motifs is 1. The summed E-state index contributed by atoms with van der Waals surface area (Å²) in [5, 5.41) is 3.28. The van der Waals surface area contributed by atoms with Crippen LogP contribution in [0.4, 0.5) is 5.69 Å². The Morgan fingerprint density at radius 1 is 1.00 bits per heavy atom. The summed E-state index contributed by atoms with van der Waals surface area (Å²) in [6.07, 6.45) is 1.47. The fourth-order valence-electron chi connectivity index (χ4n) is 3.57. The van der Waals surface area contributed by atoms with Gasteiger partial charge in [-0.1, -0.05) is 23.7 Å². The molecule has 4 aromatic rings. The summed E-state index contributed by atoms with van der Waals surface area (Å²) in [5.41, 5.74) is 0.380. The zero-order valence-electron chi connectivity index (χ0n) is 18.4. The molecule has 2 heterocycles. The molecular formula is C24H21ClN4O5. The Hall–Kier alpha value is -4.11. The van der Waals surface area contributed by atoms with E-state index in [1.807, 2.05) is 0 Å². The third-order valence-corrected chi connectivity index (χ3v) is 5.46. The molecule has 0 aliphatic heterocycles.